The molecule has 0 bridgehead atoms. The van der Waals surface area contributed by atoms with E-state index in [2.05, 4.69) is 40.7 Å². The molecule has 1 saturated heterocycles. The monoisotopic (exact) mass is 466 g/mol. The zero-order valence-electron chi connectivity index (χ0n) is 18.3. The molecule has 3 aromatic rings. The quantitative estimate of drug-likeness (QED) is 0.415. The molecule has 5 rings (SSSR count). The van der Waals surface area contributed by atoms with Crippen LogP contribution in [-0.4, -0.2) is 55.4 Å². The standard InChI is InChI=1S/C22H26N8O2S/c1-13-12-18(29-28-13)24-20-25-21(30-10-8-16(31)9-11-30)27-22(26-20)33-17-6-4-15(5-7-17)23-19(32)14-2-3-14/h4-7,12,14,16,31H,2-3,8-11H2,1H3,(H,23,32)(H2,24,25,26,27,28,29). The van der Waals surface area contributed by atoms with Crippen molar-refractivity contribution < 1.29 is 9.90 Å². The van der Waals surface area contributed by atoms with Gasteiger partial charge in [-0.05, 0) is 68.6 Å². The minimum atomic E-state index is -0.277. The van der Waals surface area contributed by atoms with Crippen LogP contribution in [0.1, 0.15) is 31.4 Å². The fourth-order valence-electron chi connectivity index (χ4n) is 3.55. The Kier molecular flexibility index (Phi) is 6.14. The fraction of sp³-hybridized carbons (Fsp3) is 0.409. The van der Waals surface area contributed by atoms with E-state index in [1.165, 1.54) is 11.8 Å². The summed E-state index contributed by atoms with van der Waals surface area (Å²) in [4.78, 5) is 28.8. The van der Waals surface area contributed by atoms with Crippen LogP contribution in [0.25, 0.3) is 0 Å². The smallest absolute Gasteiger partial charge is 0.234 e. The summed E-state index contributed by atoms with van der Waals surface area (Å²) >= 11 is 1.42. The SMILES string of the molecule is Cc1cc(Nc2nc(Sc3ccc(NC(=O)C4CC4)cc3)nc(N3CCC(O)CC3)n2)n[nH]1. The van der Waals surface area contributed by atoms with Gasteiger partial charge in [0.25, 0.3) is 0 Å². The van der Waals surface area contributed by atoms with E-state index in [1.54, 1.807) is 0 Å². The Bertz CT molecular complexity index is 1120. The molecule has 2 aliphatic rings. The molecular weight excluding hydrogens is 440 g/mol. The number of hydrogen-bond donors (Lipinski definition) is 4. The molecule has 2 aromatic heterocycles. The van der Waals surface area contributed by atoms with Gasteiger partial charge >= 0.3 is 0 Å². The molecular formula is C22H26N8O2S. The lowest BCUT2D eigenvalue weighted by molar-refractivity contribution is -0.117. The summed E-state index contributed by atoms with van der Waals surface area (Å²) in [6.07, 6.45) is 3.05. The van der Waals surface area contributed by atoms with Gasteiger partial charge in [-0.15, -0.1) is 0 Å². The number of carbonyl (C=O) groups is 1. The third-order valence-electron chi connectivity index (χ3n) is 5.58. The van der Waals surface area contributed by atoms with Crippen molar-refractivity contribution in [3.63, 3.8) is 0 Å². The van der Waals surface area contributed by atoms with Gasteiger partial charge in [-0.3, -0.25) is 9.89 Å². The van der Waals surface area contributed by atoms with E-state index in [0.29, 0.717) is 48.8 Å². The number of hydrogen-bond acceptors (Lipinski definition) is 9. The van der Waals surface area contributed by atoms with Crippen molar-refractivity contribution in [1.29, 1.82) is 0 Å². The lowest BCUT2D eigenvalue weighted by Crippen LogP contribution is -2.37. The molecule has 3 heterocycles. The number of nitrogens with one attached hydrogen (secondary N) is 3. The number of aliphatic hydroxyl groups is 1. The zero-order chi connectivity index (χ0) is 22.8. The van der Waals surface area contributed by atoms with Gasteiger partial charge in [-0.2, -0.15) is 20.1 Å². The number of anilines is 4. The maximum absolute atomic E-state index is 12.0. The first-order valence-electron chi connectivity index (χ1n) is 11.1. The second-order valence-electron chi connectivity index (χ2n) is 8.41. The molecule has 10 nitrogen and oxygen atoms in total. The number of amides is 1. The highest BCUT2D eigenvalue weighted by molar-refractivity contribution is 7.99. The van der Waals surface area contributed by atoms with Crippen LogP contribution in [0.5, 0.6) is 0 Å². The summed E-state index contributed by atoms with van der Waals surface area (Å²) in [7, 11) is 0. The normalized spacial score (nSPS) is 16.6. The van der Waals surface area contributed by atoms with E-state index in [1.807, 2.05) is 37.3 Å². The highest BCUT2D eigenvalue weighted by Crippen LogP contribution is 2.32. The van der Waals surface area contributed by atoms with Gasteiger partial charge in [0, 0.05) is 41.4 Å². The Labute approximate surface area is 195 Å². The molecule has 0 atom stereocenters. The molecule has 11 heteroatoms. The number of aryl methyl sites for hydroxylation is 1. The molecule has 2 fully saturated rings. The van der Waals surface area contributed by atoms with Crippen molar-refractivity contribution in [2.75, 3.05) is 28.6 Å². The largest absolute Gasteiger partial charge is 0.393 e. The van der Waals surface area contributed by atoms with E-state index in [4.69, 9.17) is 0 Å². The van der Waals surface area contributed by atoms with Gasteiger partial charge in [-0.1, -0.05) is 0 Å². The van der Waals surface area contributed by atoms with Crippen molar-refractivity contribution in [1.82, 2.24) is 25.1 Å². The minimum Gasteiger partial charge on any atom is -0.393 e. The van der Waals surface area contributed by atoms with Gasteiger partial charge in [0.15, 0.2) is 11.0 Å². The molecule has 1 aliphatic carbocycles. The van der Waals surface area contributed by atoms with Gasteiger partial charge in [0.05, 0.1) is 6.10 Å². The van der Waals surface area contributed by atoms with Crippen LogP contribution >= 0.6 is 11.8 Å². The number of benzene rings is 1. The zero-order valence-corrected chi connectivity index (χ0v) is 19.1. The summed E-state index contributed by atoms with van der Waals surface area (Å²) in [5.74, 6) is 1.87. The molecule has 0 unspecified atom stereocenters. The summed E-state index contributed by atoms with van der Waals surface area (Å²) in [6.45, 7) is 3.30. The van der Waals surface area contributed by atoms with Gasteiger partial charge in [-0.25, -0.2) is 0 Å². The van der Waals surface area contributed by atoms with Crippen molar-refractivity contribution in [2.24, 2.45) is 5.92 Å². The summed E-state index contributed by atoms with van der Waals surface area (Å²) in [6, 6.07) is 9.54. The minimum absolute atomic E-state index is 0.0912. The van der Waals surface area contributed by atoms with Crippen molar-refractivity contribution in [2.45, 2.75) is 48.8 Å². The predicted molar refractivity (Wildman–Crippen MR) is 126 cm³/mol. The Balaban J connectivity index is 1.35. The molecule has 1 aromatic carbocycles. The second kappa shape index (κ2) is 9.36. The number of rotatable bonds is 7. The Morgan fingerprint density at radius 2 is 1.88 bits per heavy atom. The van der Waals surface area contributed by atoms with Crippen LogP contribution < -0.4 is 15.5 Å². The Morgan fingerprint density at radius 3 is 2.55 bits per heavy atom. The van der Waals surface area contributed by atoms with Crippen molar-refractivity contribution in [3.8, 4) is 0 Å². The van der Waals surface area contributed by atoms with Gasteiger partial charge in [0.2, 0.25) is 17.8 Å². The van der Waals surface area contributed by atoms with Crippen LogP contribution in [0.3, 0.4) is 0 Å². The van der Waals surface area contributed by atoms with Gasteiger partial charge < -0.3 is 20.6 Å². The summed E-state index contributed by atoms with van der Waals surface area (Å²) in [5.41, 5.74) is 1.72. The van der Waals surface area contributed by atoms with Crippen LogP contribution in [0.4, 0.5) is 23.4 Å². The van der Waals surface area contributed by atoms with Crippen molar-refractivity contribution >= 4 is 41.1 Å². The first kappa shape index (κ1) is 21.7. The fourth-order valence-corrected chi connectivity index (χ4v) is 4.30. The third kappa shape index (κ3) is 5.60. The Hall–Kier alpha value is -3.18. The maximum atomic E-state index is 12.0. The van der Waals surface area contributed by atoms with E-state index in [-0.39, 0.29) is 17.9 Å². The molecule has 33 heavy (non-hydrogen) atoms. The predicted octanol–water partition coefficient (Wildman–Crippen LogP) is 3.11. The topological polar surface area (TPSA) is 132 Å². The number of aromatic amines is 1. The lowest BCUT2D eigenvalue weighted by atomic mass is 10.1. The van der Waals surface area contributed by atoms with E-state index < -0.39 is 0 Å². The number of H-pyrrole nitrogens is 1. The maximum Gasteiger partial charge on any atom is 0.234 e. The average Bonchev–Trinajstić information content (AvgIpc) is 3.58. The molecule has 0 radical (unpaired) electrons. The summed E-state index contributed by atoms with van der Waals surface area (Å²) < 4.78 is 0. The lowest BCUT2D eigenvalue weighted by Gasteiger charge is -2.29. The van der Waals surface area contributed by atoms with Gasteiger partial charge in [0.1, 0.15) is 0 Å². The van der Waals surface area contributed by atoms with E-state index in [0.717, 1.165) is 29.1 Å². The highest BCUT2D eigenvalue weighted by atomic mass is 32.2. The van der Waals surface area contributed by atoms with Crippen LogP contribution in [0.15, 0.2) is 40.4 Å². The molecule has 172 valence electrons. The number of piperidine rings is 1. The molecule has 1 aliphatic heterocycles. The first-order chi connectivity index (χ1) is 16.0. The van der Waals surface area contributed by atoms with E-state index >= 15 is 0 Å². The number of aliphatic hydroxyl groups excluding tert-OH is 1. The molecule has 0 spiro atoms. The average molecular weight is 467 g/mol. The van der Waals surface area contributed by atoms with Crippen molar-refractivity contribution in [3.05, 3.63) is 36.0 Å². The number of carbonyl (C=O) groups excluding carboxylic acids is 1. The highest BCUT2D eigenvalue weighted by Gasteiger charge is 2.29. The number of nitrogens with zero attached hydrogens (tertiary/aromatic N) is 5. The first-order valence-corrected chi connectivity index (χ1v) is 11.9. The molecule has 4 N–H and O–H groups in total. The number of aromatic nitrogens is 5. The second-order valence-corrected chi connectivity index (χ2v) is 9.45. The Morgan fingerprint density at radius 1 is 1.12 bits per heavy atom. The van der Waals surface area contributed by atoms with Crippen LogP contribution in [-0.2, 0) is 4.79 Å². The molecule has 1 saturated carbocycles. The third-order valence-corrected chi connectivity index (χ3v) is 6.45. The van der Waals surface area contributed by atoms with Crippen LogP contribution in [0.2, 0.25) is 0 Å². The molecule has 1 amide bonds. The summed E-state index contributed by atoms with van der Waals surface area (Å²) in [5, 5.41) is 23.6. The van der Waals surface area contributed by atoms with Crippen LogP contribution in [0, 0.1) is 12.8 Å². The van der Waals surface area contributed by atoms with E-state index in [9.17, 15) is 9.90 Å².